The zero-order valence-corrected chi connectivity index (χ0v) is 51.4. The van der Waals surface area contributed by atoms with Crippen molar-refractivity contribution in [2.75, 3.05) is 50.9 Å². The number of hydrogen-bond acceptors (Lipinski definition) is 14. The Morgan fingerprint density at radius 2 is 1.46 bits per heavy atom. The Hall–Kier alpha value is -7.38. The van der Waals surface area contributed by atoms with Crippen LogP contribution in [0.1, 0.15) is 137 Å². The predicted molar refractivity (Wildman–Crippen MR) is 337 cm³/mol. The smallest absolute Gasteiger partial charge is 0.175 e. The molecule has 4 aliphatic heterocycles. The van der Waals surface area contributed by atoms with E-state index < -0.39 is 0 Å². The van der Waals surface area contributed by atoms with Crippen molar-refractivity contribution in [1.82, 2.24) is 48.5 Å². The van der Waals surface area contributed by atoms with Crippen LogP contribution in [-0.2, 0) is 38.6 Å². The molecule has 10 heterocycles. The van der Waals surface area contributed by atoms with E-state index in [9.17, 15) is 0 Å². The maximum atomic E-state index is 7.16. The number of pyridine rings is 3. The van der Waals surface area contributed by atoms with Gasteiger partial charge in [0.15, 0.2) is 6.29 Å². The van der Waals surface area contributed by atoms with E-state index in [4.69, 9.17) is 53.3 Å². The number of ether oxygens (including phenoxy) is 6. The molecule has 6 aromatic heterocycles. The van der Waals surface area contributed by atoms with Gasteiger partial charge in [0.1, 0.15) is 46.6 Å². The molecule has 6 unspecified atom stereocenters. The van der Waals surface area contributed by atoms with E-state index in [0.29, 0.717) is 30.7 Å². The van der Waals surface area contributed by atoms with Crippen LogP contribution in [0.15, 0.2) is 98.4 Å². The number of aryl methyl sites for hydroxylation is 1. The summed E-state index contributed by atoms with van der Waals surface area (Å²) in [7, 11) is 0. The predicted octanol–water partition coefficient (Wildman–Crippen LogP) is 11.2. The maximum Gasteiger partial charge on any atom is 0.175 e. The summed E-state index contributed by atoms with van der Waals surface area (Å²) in [4.78, 5) is 34.8. The van der Waals surface area contributed by atoms with Gasteiger partial charge < -0.3 is 47.0 Å². The number of rotatable bonds is 18. The molecule has 8 atom stereocenters. The highest BCUT2D eigenvalue weighted by Crippen LogP contribution is 2.50. The minimum Gasteiger partial charge on any atom is -0.488 e. The maximum absolute atomic E-state index is 7.16. The van der Waals surface area contributed by atoms with E-state index in [-0.39, 0.29) is 60.1 Å². The highest BCUT2D eigenvalue weighted by Gasteiger charge is 2.50. The summed E-state index contributed by atoms with van der Waals surface area (Å²) >= 11 is 0. The third-order valence-electron chi connectivity index (χ3n) is 20.0. The summed E-state index contributed by atoms with van der Waals surface area (Å²) in [6, 6.07) is 17.5. The van der Waals surface area contributed by atoms with Crippen molar-refractivity contribution in [3.8, 4) is 69.2 Å². The molecule has 5 saturated carbocycles. The quantitative estimate of drug-likeness (QED) is 0.0749. The van der Waals surface area contributed by atoms with Crippen LogP contribution in [0.2, 0.25) is 0 Å². The summed E-state index contributed by atoms with van der Waals surface area (Å²) in [5.41, 5.74) is 10.7. The molecular formula is C72H81N11O6. The van der Waals surface area contributed by atoms with Crippen molar-refractivity contribution in [3.63, 3.8) is 0 Å². The van der Waals surface area contributed by atoms with Gasteiger partial charge in [0, 0.05) is 122 Å². The fourth-order valence-corrected chi connectivity index (χ4v) is 13.7. The van der Waals surface area contributed by atoms with Gasteiger partial charge in [-0.2, -0.15) is 0 Å². The van der Waals surface area contributed by atoms with Gasteiger partial charge in [-0.25, -0.2) is 24.9 Å². The molecule has 17 heteroatoms. The molecule has 4 saturated heterocycles. The molecule has 9 fully saturated rings. The minimum absolute atomic E-state index is 0.0122. The minimum atomic E-state index is -0.345. The second-order valence-electron chi connectivity index (χ2n) is 27.0. The molecule has 5 aliphatic carbocycles. The van der Waals surface area contributed by atoms with Crippen molar-refractivity contribution in [2.24, 2.45) is 23.2 Å². The molecule has 0 radical (unpaired) electrons. The Morgan fingerprint density at radius 1 is 0.685 bits per heavy atom. The average Bonchev–Trinajstić information content (AvgIpc) is 1.96. The molecule has 16 rings (SSSR count). The zero-order valence-electron chi connectivity index (χ0n) is 51.4. The highest BCUT2D eigenvalue weighted by atomic mass is 16.7. The van der Waals surface area contributed by atoms with Gasteiger partial charge in [-0.05, 0) is 146 Å². The normalized spacial score (nSPS) is 26.0. The third-order valence-corrected chi connectivity index (χ3v) is 20.0. The standard InChI is InChI=1S/C72H81N11O6/c1-47-30-53(81-27-25-80(26-28-81)48(2)59-10-3-5-24-74-59)20-21-56(47)60-41-82(42-68-85-43-72(22-23-72)44-86-68)71(78-60)58-34-65(58)89-67-32-52(19-17-50-14-15-50)36-76-70(67)62-37-73-45-83(62)39-55-9-7-11-63(87-55)57-33-64(57)88-66-31-51(18-16-49-12-13-49)35-75-69(66)61-40-79(46-77-61)38-54-8-4-6-29-84-54/h3,5,10,20-21,24,30-32,35-37,40-41,45-46,48-50,54-55,57-58,63-65,68H,4,6-9,11-15,22-23,25-29,33-34,38-39,42-44H2,1-2H3/t48?,54-,55-,57?,58?,63?,64?,65?/m1/s1. The van der Waals surface area contributed by atoms with Crippen molar-refractivity contribution < 1.29 is 28.4 Å². The Morgan fingerprint density at radius 3 is 2.20 bits per heavy atom. The fourth-order valence-electron chi connectivity index (χ4n) is 13.7. The number of anilines is 1. The van der Waals surface area contributed by atoms with Gasteiger partial charge >= 0.3 is 0 Å². The topological polar surface area (TPSA) is 154 Å². The van der Waals surface area contributed by atoms with E-state index in [1.807, 2.05) is 43.5 Å². The highest BCUT2D eigenvalue weighted by molar-refractivity contribution is 5.68. The van der Waals surface area contributed by atoms with Crippen LogP contribution in [0.5, 0.6) is 11.5 Å². The number of hydrogen-bond donors (Lipinski definition) is 0. The number of imidazole rings is 3. The van der Waals surface area contributed by atoms with Gasteiger partial charge in [-0.15, -0.1) is 0 Å². The SMILES string of the molecule is Cc1cc(N2CCN(C(C)c3ccccn3)CC2)ccc1-c1cn(CC2OCC3(CC3)CO2)c(C2CC2Oc2cc(C#CC3CC3)cnc2-c2cncn2C[C@H]2CCCC(C3CC3Oc3cc(C#CC4CC4)cnc3-c3cn(C[C@H]4CCCCO4)cn3)O2)n1. The van der Waals surface area contributed by atoms with Crippen LogP contribution in [0.25, 0.3) is 34.0 Å². The third kappa shape index (κ3) is 13.0. The first-order valence-corrected chi connectivity index (χ1v) is 33.2. The molecule has 1 spiro atoms. The molecule has 9 aliphatic rings. The number of piperazine rings is 1. The lowest BCUT2D eigenvalue weighted by Crippen LogP contribution is -2.47. The van der Waals surface area contributed by atoms with Crippen molar-refractivity contribution in [2.45, 2.75) is 172 Å². The first kappa shape index (κ1) is 56.8. The van der Waals surface area contributed by atoms with Crippen LogP contribution in [0.4, 0.5) is 5.69 Å². The van der Waals surface area contributed by atoms with Crippen LogP contribution in [0.3, 0.4) is 0 Å². The van der Waals surface area contributed by atoms with Crippen molar-refractivity contribution in [1.29, 1.82) is 0 Å². The molecule has 0 bridgehead atoms. The van der Waals surface area contributed by atoms with E-state index in [1.165, 1.54) is 43.4 Å². The van der Waals surface area contributed by atoms with E-state index in [0.717, 1.165) is 173 Å². The molecule has 1 aromatic carbocycles. The first-order chi connectivity index (χ1) is 43.7. The lowest BCUT2D eigenvalue weighted by molar-refractivity contribution is -0.212. The van der Waals surface area contributed by atoms with Gasteiger partial charge in [0.2, 0.25) is 0 Å². The van der Waals surface area contributed by atoms with Gasteiger partial charge in [-0.1, -0.05) is 35.8 Å². The largest absolute Gasteiger partial charge is 0.488 e. The Kier molecular flexibility index (Phi) is 15.6. The zero-order chi connectivity index (χ0) is 59.4. The number of benzene rings is 1. The van der Waals surface area contributed by atoms with E-state index >= 15 is 0 Å². The van der Waals surface area contributed by atoms with Crippen molar-refractivity contribution >= 4 is 5.69 Å². The summed E-state index contributed by atoms with van der Waals surface area (Å²) in [5, 5.41) is 0. The van der Waals surface area contributed by atoms with Crippen molar-refractivity contribution in [3.05, 3.63) is 127 Å². The second-order valence-corrected chi connectivity index (χ2v) is 27.0. The summed E-state index contributed by atoms with van der Waals surface area (Å²) in [6.07, 6.45) is 30.6. The first-order valence-electron chi connectivity index (χ1n) is 33.2. The fraction of sp³-hybridized carbons (Fsp3) is 0.528. The molecule has 17 nitrogen and oxygen atoms in total. The van der Waals surface area contributed by atoms with Gasteiger partial charge in [0.05, 0.1) is 86.5 Å². The van der Waals surface area contributed by atoms with E-state index in [2.05, 4.69) is 121 Å². The van der Waals surface area contributed by atoms with Crippen LogP contribution >= 0.6 is 0 Å². The molecule has 460 valence electrons. The van der Waals surface area contributed by atoms with Crippen LogP contribution < -0.4 is 14.4 Å². The number of aromatic nitrogens is 9. The lowest BCUT2D eigenvalue weighted by Gasteiger charge is -2.39. The van der Waals surface area contributed by atoms with Gasteiger partial charge in [-0.3, -0.25) is 9.88 Å². The summed E-state index contributed by atoms with van der Waals surface area (Å²) < 4.78 is 46.6. The molecular weight excluding hydrogens is 1110 g/mol. The van der Waals surface area contributed by atoms with Crippen LogP contribution in [-0.4, -0.2) is 131 Å². The van der Waals surface area contributed by atoms with Crippen LogP contribution in [0, 0.1) is 53.8 Å². The molecule has 7 aromatic rings. The monoisotopic (exact) mass is 1200 g/mol. The summed E-state index contributed by atoms with van der Waals surface area (Å²) in [5.74, 6) is 17.4. The number of nitrogens with zero attached hydrogens (tertiary/aromatic N) is 11. The Balaban J connectivity index is 0.608. The Bertz CT molecular complexity index is 3800. The second kappa shape index (κ2) is 24.4. The van der Waals surface area contributed by atoms with Gasteiger partial charge in [0.25, 0.3) is 0 Å². The average molecular weight is 1200 g/mol. The van der Waals surface area contributed by atoms with E-state index in [1.54, 1.807) is 0 Å². The molecule has 89 heavy (non-hydrogen) atoms. The lowest BCUT2D eigenvalue weighted by atomic mass is 10.0. The Labute approximate surface area is 522 Å². The summed E-state index contributed by atoms with van der Waals surface area (Å²) in [6.45, 7) is 12.7. The molecule has 0 N–H and O–H groups in total. The molecule has 0 amide bonds.